The Hall–Kier alpha value is -1.90. The van der Waals surface area contributed by atoms with Crippen molar-refractivity contribution in [2.24, 2.45) is 0 Å². The summed E-state index contributed by atoms with van der Waals surface area (Å²) in [6.45, 7) is 4.07. The van der Waals surface area contributed by atoms with E-state index in [0.717, 1.165) is 16.8 Å². The van der Waals surface area contributed by atoms with E-state index < -0.39 is 11.6 Å². The second kappa shape index (κ2) is 5.17. The molecule has 0 heterocycles. The number of hydrogen-bond donors (Lipinski definition) is 1. The summed E-state index contributed by atoms with van der Waals surface area (Å²) in [6, 6.07) is 9.79. The van der Waals surface area contributed by atoms with Crippen LogP contribution in [-0.4, -0.2) is 0 Å². The maximum atomic E-state index is 13.5. The molecular formula is C15H15F2N. The van der Waals surface area contributed by atoms with Crippen LogP contribution in [0.4, 0.5) is 14.5 Å². The van der Waals surface area contributed by atoms with Crippen molar-refractivity contribution in [3.8, 4) is 0 Å². The van der Waals surface area contributed by atoms with Gasteiger partial charge in [0.2, 0.25) is 0 Å². The van der Waals surface area contributed by atoms with E-state index in [9.17, 15) is 8.78 Å². The molecule has 0 atom stereocenters. The summed E-state index contributed by atoms with van der Waals surface area (Å²) in [5.74, 6) is -1.04. The van der Waals surface area contributed by atoms with Crippen LogP contribution < -0.4 is 5.32 Å². The summed E-state index contributed by atoms with van der Waals surface area (Å²) >= 11 is 0. The van der Waals surface area contributed by atoms with E-state index in [1.165, 1.54) is 18.2 Å². The Morgan fingerprint density at radius 1 is 0.889 bits per heavy atom. The van der Waals surface area contributed by atoms with Crippen molar-refractivity contribution in [1.29, 1.82) is 0 Å². The van der Waals surface area contributed by atoms with Gasteiger partial charge in [-0.2, -0.15) is 0 Å². The standard InChI is InChI=1S/C15H15F2N/c1-10-5-3-6-11(2)15(10)18-9-12-13(16)7-4-8-14(12)17/h3-8,18H,9H2,1-2H3. The molecule has 2 rings (SSSR count). The van der Waals surface area contributed by atoms with Gasteiger partial charge in [0.25, 0.3) is 0 Å². The van der Waals surface area contributed by atoms with Crippen LogP contribution in [0.1, 0.15) is 16.7 Å². The third-order valence-electron chi connectivity index (χ3n) is 2.98. The molecule has 0 unspecified atom stereocenters. The predicted molar refractivity (Wildman–Crippen MR) is 69.6 cm³/mol. The number of anilines is 1. The lowest BCUT2D eigenvalue weighted by atomic mass is 10.1. The molecule has 0 aliphatic rings. The van der Waals surface area contributed by atoms with E-state index in [1.54, 1.807) is 0 Å². The maximum Gasteiger partial charge on any atom is 0.131 e. The normalized spacial score (nSPS) is 10.4. The Kier molecular flexibility index (Phi) is 3.60. The van der Waals surface area contributed by atoms with E-state index in [2.05, 4.69) is 5.32 Å². The smallest absolute Gasteiger partial charge is 0.131 e. The van der Waals surface area contributed by atoms with Crippen molar-refractivity contribution in [1.82, 2.24) is 0 Å². The molecule has 0 aromatic heterocycles. The fourth-order valence-electron chi connectivity index (χ4n) is 1.97. The highest BCUT2D eigenvalue weighted by atomic mass is 19.1. The van der Waals surface area contributed by atoms with Gasteiger partial charge >= 0.3 is 0 Å². The van der Waals surface area contributed by atoms with Crippen LogP contribution in [-0.2, 0) is 6.54 Å². The highest BCUT2D eigenvalue weighted by Crippen LogP contribution is 2.21. The van der Waals surface area contributed by atoms with E-state index in [4.69, 9.17) is 0 Å². The molecule has 0 aliphatic heterocycles. The topological polar surface area (TPSA) is 12.0 Å². The zero-order valence-electron chi connectivity index (χ0n) is 10.4. The summed E-state index contributed by atoms with van der Waals surface area (Å²) in [5.41, 5.74) is 3.12. The molecule has 1 N–H and O–H groups in total. The van der Waals surface area contributed by atoms with Crippen molar-refractivity contribution in [2.45, 2.75) is 20.4 Å². The molecular weight excluding hydrogens is 232 g/mol. The van der Waals surface area contributed by atoms with Crippen LogP contribution in [0.2, 0.25) is 0 Å². The number of halogens is 2. The first kappa shape index (κ1) is 12.6. The lowest BCUT2D eigenvalue weighted by Gasteiger charge is -2.13. The van der Waals surface area contributed by atoms with Crippen LogP contribution >= 0.6 is 0 Å². The number of nitrogens with one attached hydrogen (secondary N) is 1. The quantitative estimate of drug-likeness (QED) is 0.857. The van der Waals surface area contributed by atoms with Crippen LogP contribution in [0.5, 0.6) is 0 Å². The summed E-state index contributed by atoms with van der Waals surface area (Å²) < 4.78 is 26.9. The molecule has 0 radical (unpaired) electrons. The van der Waals surface area contributed by atoms with Crippen LogP contribution in [0, 0.1) is 25.5 Å². The predicted octanol–water partition coefficient (Wildman–Crippen LogP) is 4.19. The highest BCUT2D eigenvalue weighted by Gasteiger charge is 2.09. The zero-order valence-corrected chi connectivity index (χ0v) is 10.4. The highest BCUT2D eigenvalue weighted by molar-refractivity contribution is 5.56. The molecule has 0 fully saturated rings. The molecule has 0 aliphatic carbocycles. The van der Waals surface area contributed by atoms with E-state index >= 15 is 0 Å². The van der Waals surface area contributed by atoms with Crippen molar-refractivity contribution in [2.75, 3.05) is 5.32 Å². The molecule has 0 saturated heterocycles. The molecule has 2 aromatic carbocycles. The second-order valence-corrected chi connectivity index (χ2v) is 4.32. The van der Waals surface area contributed by atoms with Gasteiger partial charge < -0.3 is 5.32 Å². The van der Waals surface area contributed by atoms with E-state index in [-0.39, 0.29) is 12.1 Å². The molecule has 2 aromatic rings. The second-order valence-electron chi connectivity index (χ2n) is 4.32. The SMILES string of the molecule is Cc1cccc(C)c1NCc1c(F)cccc1F. The molecule has 0 saturated carbocycles. The minimum absolute atomic E-state index is 0.0696. The number of benzene rings is 2. The first-order chi connectivity index (χ1) is 8.59. The lowest BCUT2D eigenvalue weighted by molar-refractivity contribution is 0.560. The molecule has 0 spiro atoms. The monoisotopic (exact) mass is 247 g/mol. The minimum Gasteiger partial charge on any atom is -0.380 e. The van der Waals surface area contributed by atoms with Gasteiger partial charge in [0.05, 0.1) is 0 Å². The fourth-order valence-corrected chi connectivity index (χ4v) is 1.97. The Morgan fingerprint density at radius 3 is 1.94 bits per heavy atom. The van der Waals surface area contributed by atoms with Crippen LogP contribution in [0.3, 0.4) is 0 Å². The van der Waals surface area contributed by atoms with Crippen molar-refractivity contribution in [3.05, 3.63) is 64.7 Å². The number of para-hydroxylation sites is 1. The van der Waals surface area contributed by atoms with Gasteiger partial charge in [-0.3, -0.25) is 0 Å². The zero-order chi connectivity index (χ0) is 13.1. The average Bonchev–Trinajstić information content (AvgIpc) is 2.31. The Morgan fingerprint density at radius 2 is 1.39 bits per heavy atom. The van der Waals surface area contributed by atoms with E-state index in [1.807, 2.05) is 32.0 Å². The Labute approximate surface area is 105 Å². The summed E-state index contributed by atoms with van der Waals surface area (Å²) in [6.07, 6.45) is 0. The van der Waals surface area contributed by atoms with Crippen molar-refractivity contribution >= 4 is 5.69 Å². The summed E-state index contributed by atoms with van der Waals surface area (Å²) in [5, 5.41) is 3.10. The molecule has 0 bridgehead atoms. The third-order valence-corrected chi connectivity index (χ3v) is 2.98. The number of aryl methyl sites for hydroxylation is 2. The fraction of sp³-hybridized carbons (Fsp3) is 0.200. The third kappa shape index (κ3) is 2.50. The Bertz CT molecular complexity index is 472. The van der Waals surface area contributed by atoms with Crippen LogP contribution in [0.25, 0.3) is 0 Å². The number of hydrogen-bond acceptors (Lipinski definition) is 1. The van der Waals surface area contributed by atoms with Gasteiger partial charge in [-0.25, -0.2) is 8.78 Å². The first-order valence-electron chi connectivity index (χ1n) is 5.82. The van der Waals surface area contributed by atoms with Crippen molar-refractivity contribution < 1.29 is 8.78 Å². The van der Waals surface area contributed by atoms with Gasteiger partial charge in [0.1, 0.15) is 11.6 Å². The summed E-state index contributed by atoms with van der Waals surface area (Å²) in [4.78, 5) is 0. The molecule has 0 amide bonds. The van der Waals surface area contributed by atoms with Gasteiger partial charge in [0, 0.05) is 17.8 Å². The van der Waals surface area contributed by atoms with Gasteiger partial charge in [0.15, 0.2) is 0 Å². The van der Waals surface area contributed by atoms with Gasteiger partial charge in [-0.15, -0.1) is 0 Å². The maximum absolute atomic E-state index is 13.5. The molecule has 1 nitrogen and oxygen atoms in total. The summed E-state index contributed by atoms with van der Waals surface area (Å²) in [7, 11) is 0. The largest absolute Gasteiger partial charge is 0.380 e. The Balaban J connectivity index is 2.22. The van der Waals surface area contributed by atoms with E-state index in [0.29, 0.717) is 0 Å². The van der Waals surface area contributed by atoms with Crippen LogP contribution in [0.15, 0.2) is 36.4 Å². The first-order valence-corrected chi connectivity index (χ1v) is 5.82. The lowest BCUT2D eigenvalue weighted by Crippen LogP contribution is -2.06. The molecule has 3 heteroatoms. The average molecular weight is 247 g/mol. The van der Waals surface area contributed by atoms with Crippen molar-refractivity contribution in [3.63, 3.8) is 0 Å². The molecule has 18 heavy (non-hydrogen) atoms. The minimum atomic E-state index is -0.520. The van der Waals surface area contributed by atoms with Gasteiger partial charge in [-0.1, -0.05) is 24.3 Å². The van der Waals surface area contributed by atoms with Gasteiger partial charge in [-0.05, 0) is 37.1 Å². The number of rotatable bonds is 3. The molecule has 94 valence electrons.